The topological polar surface area (TPSA) is 90.6 Å². The second-order valence-electron chi connectivity index (χ2n) is 5.18. The van der Waals surface area contributed by atoms with E-state index in [0.29, 0.717) is 10.7 Å². The Balaban J connectivity index is 2.18. The number of aromatic nitrogens is 2. The Kier molecular flexibility index (Phi) is 5.73. The van der Waals surface area contributed by atoms with Crippen LogP contribution in [-0.4, -0.2) is 30.8 Å². The van der Waals surface area contributed by atoms with Crippen LogP contribution in [0, 0.1) is 0 Å². The fraction of sp³-hybridized carbons (Fsp3) is 0.118. The first-order valence-electron chi connectivity index (χ1n) is 7.80. The first-order valence-corrected chi connectivity index (χ1v) is 10.4. The van der Waals surface area contributed by atoms with Crippen molar-refractivity contribution in [2.45, 2.75) is 11.8 Å². The number of hydrogen-bond acceptors (Lipinski definition) is 6. The fourth-order valence-corrected chi connectivity index (χ4v) is 4.24. The molecule has 0 atom stereocenters. The summed E-state index contributed by atoms with van der Waals surface area (Å²) in [6, 6.07) is 14.3. The number of carbonyl (C=O) groups excluding carboxylic acids is 1. The van der Waals surface area contributed by atoms with Crippen molar-refractivity contribution < 1.29 is 17.9 Å². The molecule has 0 fully saturated rings. The second-order valence-corrected chi connectivity index (χ2v) is 8.17. The van der Waals surface area contributed by atoms with Gasteiger partial charge in [0.2, 0.25) is 9.81 Å². The van der Waals surface area contributed by atoms with Crippen molar-refractivity contribution >= 4 is 38.9 Å². The summed E-state index contributed by atoms with van der Waals surface area (Å²) in [6.07, 6.45) is 0. The molecule has 0 amide bonds. The molecule has 0 saturated carbocycles. The number of rotatable bonds is 5. The normalized spacial score (nSPS) is 12.1. The number of esters is 1. The first kappa shape index (κ1) is 19.3. The highest BCUT2D eigenvalue weighted by molar-refractivity contribution is 7.90. The Morgan fingerprint density at radius 3 is 2.48 bits per heavy atom. The zero-order valence-corrected chi connectivity index (χ0v) is 16.5. The summed E-state index contributed by atoms with van der Waals surface area (Å²) in [5.74, 6) is -0.649. The molecule has 0 unspecified atom stereocenters. The van der Waals surface area contributed by atoms with Crippen molar-refractivity contribution in [3.05, 3.63) is 69.4 Å². The lowest BCUT2D eigenvalue weighted by atomic mass is 10.3. The Morgan fingerprint density at radius 2 is 1.85 bits per heavy atom. The molecule has 7 nitrogen and oxygen atoms in total. The number of hydrogen-bond donors (Lipinski definition) is 0. The highest BCUT2D eigenvalue weighted by Crippen LogP contribution is 2.15. The SMILES string of the molecule is CCOC(=O)c1nn(-c2ccc(Cl)cc2)/c(=N/S(=O)(=O)c2ccccc2)s1. The van der Waals surface area contributed by atoms with Gasteiger partial charge in [0.1, 0.15) is 0 Å². The van der Waals surface area contributed by atoms with E-state index in [1.807, 2.05) is 0 Å². The molecule has 1 heterocycles. The van der Waals surface area contributed by atoms with Crippen LogP contribution in [0.5, 0.6) is 0 Å². The highest BCUT2D eigenvalue weighted by Gasteiger charge is 2.18. The molecule has 3 aromatic rings. The van der Waals surface area contributed by atoms with E-state index in [1.54, 1.807) is 49.4 Å². The zero-order valence-electron chi connectivity index (χ0n) is 14.1. The Labute approximate surface area is 164 Å². The molecule has 0 N–H and O–H groups in total. The molecule has 0 aliphatic heterocycles. The lowest BCUT2D eigenvalue weighted by Gasteiger charge is -2.02. The second kappa shape index (κ2) is 8.03. The maximum atomic E-state index is 12.6. The molecule has 0 aliphatic rings. The van der Waals surface area contributed by atoms with Crippen molar-refractivity contribution in [1.82, 2.24) is 9.78 Å². The van der Waals surface area contributed by atoms with E-state index >= 15 is 0 Å². The Hall–Kier alpha value is -2.49. The van der Waals surface area contributed by atoms with Gasteiger partial charge in [0.15, 0.2) is 0 Å². The van der Waals surface area contributed by atoms with Crippen molar-refractivity contribution in [2.75, 3.05) is 6.61 Å². The van der Waals surface area contributed by atoms with E-state index in [0.717, 1.165) is 11.3 Å². The molecule has 1 aromatic heterocycles. The summed E-state index contributed by atoms with van der Waals surface area (Å²) < 4.78 is 35.3. The standard InChI is InChI=1S/C17H14ClN3O4S2/c1-2-25-16(22)15-19-21(13-10-8-12(18)9-11-13)17(26-15)20-27(23,24)14-6-4-3-5-7-14/h3-11H,2H2,1H3/b20-17-. The molecule has 27 heavy (non-hydrogen) atoms. The van der Waals surface area contributed by atoms with Crippen LogP contribution >= 0.6 is 22.9 Å². The zero-order chi connectivity index (χ0) is 19.4. The fourth-order valence-electron chi connectivity index (χ4n) is 2.11. The average Bonchev–Trinajstić information content (AvgIpc) is 3.06. The van der Waals surface area contributed by atoms with E-state index in [1.165, 1.54) is 16.8 Å². The molecule has 140 valence electrons. The third-order valence-corrected chi connectivity index (χ3v) is 5.86. The van der Waals surface area contributed by atoms with Crippen LogP contribution in [0.2, 0.25) is 5.02 Å². The minimum absolute atomic E-state index is 0.00573. The Bertz CT molecular complexity index is 1120. The molecule has 0 aliphatic carbocycles. The Morgan fingerprint density at radius 1 is 1.19 bits per heavy atom. The molecular weight excluding hydrogens is 410 g/mol. The quantitative estimate of drug-likeness (QED) is 0.588. The smallest absolute Gasteiger partial charge is 0.369 e. The number of carbonyl (C=O) groups is 1. The number of halogens is 1. The van der Waals surface area contributed by atoms with Crippen LogP contribution < -0.4 is 4.80 Å². The molecule has 0 saturated heterocycles. The summed E-state index contributed by atoms with van der Waals surface area (Å²) in [5, 5.41) is 4.67. The van der Waals surface area contributed by atoms with Crippen LogP contribution in [-0.2, 0) is 14.8 Å². The minimum atomic E-state index is -3.98. The maximum absolute atomic E-state index is 12.6. The molecule has 0 bridgehead atoms. The summed E-state index contributed by atoms with van der Waals surface area (Å²) >= 11 is 6.73. The number of benzene rings is 2. The van der Waals surface area contributed by atoms with Gasteiger partial charge >= 0.3 is 5.97 Å². The third-order valence-electron chi connectivity index (χ3n) is 3.32. The summed E-state index contributed by atoms with van der Waals surface area (Å²) in [7, 11) is -3.98. The highest BCUT2D eigenvalue weighted by atomic mass is 35.5. The number of sulfonamides is 1. The van der Waals surface area contributed by atoms with Crippen LogP contribution in [0.1, 0.15) is 16.7 Å². The van der Waals surface area contributed by atoms with Gasteiger partial charge in [-0.1, -0.05) is 41.1 Å². The molecule has 0 spiro atoms. The minimum Gasteiger partial charge on any atom is -0.461 e. The summed E-state index contributed by atoms with van der Waals surface area (Å²) in [5.41, 5.74) is 0.508. The monoisotopic (exact) mass is 423 g/mol. The van der Waals surface area contributed by atoms with Gasteiger partial charge in [0, 0.05) is 5.02 Å². The van der Waals surface area contributed by atoms with Crippen LogP contribution in [0.25, 0.3) is 5.69 Å². The van der Waals surface area contributed by atoms with Crippen LogP contribution in [0.3, 0.4) is 0 Å². The lowest BCUT2D eigenvalue weighted by Crippen LogP contribution is -2.17. The van der Waals surface area contributed by atoms with E-state index in [9.17, 15) is 13.2 Å². The van der Waals surface area contributed by atoms with E-state index in [2.05, 4.69) is 9.50 Å². The molecule has 3 rings (SSSR count). The largest absolute Gasteiger partial charge is 0.461 e. The van der Waals surface area contributed by atoms with Gasteiger partial charge in [-0.3, -0.25) is 0 Å². The van der Waals surface area contributed by atoms with E-state index in [-0.39, 0.29) is 21.3 Å². The van der Waals surface area contributed by atoms with Gasteiger partial charge in [0.25, 0.3) is 10.0 Å². The van der Waals surface area contributed by atoms with Crippen LogP contribution in [0.15, 0.2) is 63.9 Å². The van der Waals surface area contributed by atoms with Gasteiger partial charge < -0.3 is 4.74 Å². The van der Waals surface area contributed by atoms with Gasteiger partial charge in [-0.2, -0.15) is 8.42 Å². The van der Waals surface area contributed by atoms with Gasteiger partial charge in [-0.25, -0.2) is 9.48 Å². The summed E-state index contributed by atoms with van der Waals surface area (Å²) in [6.45, 7) is 1.85. The van der Waals surface area contributed by atoms with Crippen molar-refractivity contribution in [1.29, 1.82) is 0 Å². The maximum Gasteiger partial charge on any atom is 0.369 e. The third kappa shape index (κ3) is 4.44. The molecule has 10 heteroatoms. The number of ether oxygens (including phenoxy) is 1. The molecule has 2 aromatic carbocycles. The van der Waals surface area contributed by atoms with Crippen molar-refractivity contribution in [2.24, 2.45) is 4.40 Å². The average molecular weight is 424 g/mol. The molecule has 0 radical (unpaired) electrons. The van der Waals surface area contributed by atoms with E-state index < -0.39 is 16.0 Å². The first-order chi connectivity index (χ1) is 12.9. The number of nitrogens with zero attached hydrogens (tertiary/aromatic N) is 3. The predicted octanol–water partition coefficient (Wildman–Crippen LogP) is 3.05. The van der Waals surface area contributed by atoms with Crippen LogP contribution in [0.4, 0.5) is 0 Å². The van der Waals surface area contributed by atoms with Gasteiger partial charge in [0.05, 0.1) is 17.2 Å². The summed E-state index contributed by atoms with van der Waals surface area (Å²) in [4.78, 5) is 12.1. The van der Waals surface area contributed by atoms with Crippen molar-refractivity contribution in [3.63, 3.8) is 0 Å². The predicted molar refractivity (Wildman–Crippen MR) is 102 cm³/mol. The van der Waals surface area contributed by atoms with E-state index in [4.69, 9.17) is 16.3 Å². The van der Waals surface area contributed by atoms with Crippen molar-refractivity contribution in [3.8, 4) is 5.69 Å². The molecular formula is C17H14ClN3O4S2. The van der Waals surface area contributed by atoms with Gasteiger partial charge in [-0.15, -0.1) is 9.50 Å². The van der Waals surface area contributed by atoms with Gasteiger partial charge in [-0.05, 0) is 43.3 Å². The lowest BCUT2D eigenvalue weighted by molar-refractivity contribution is 0.0524.